The van der Waals surface area contributed by atoms with E-state index in [0.717, 1.165) is 32.7 Å². The van der Waals surface area contributed by atoms with Gasteiger partial charge in [0, 0.05) is 39.1 Å². The van der Waals surface area contributed by atoms with Gasteiger partial charge in [-0.3, -0.25) is 4.90 Å². The molecule has 1 aliphatic rings. The van der Waals surface area contributed by atoms with Gasteiger partial charge in [0.05, 0.1) is 0 Å². The first-order chi connectivity index (χ1) is 6.68. The molecule has 0 aliphatic carbocycles. The van der Waals surface area contributed by atoms with Gasteiger partial charge < -0.3 is 14.8 Å². The fourth-order valence-corrected chi connectivity index (χ4v) is 1.42. The first-order valence-electron chi connectivity index (χ1n) is 4.79. The zero-order valence-corrected chi connectivity index (χ0v) is 9.45. The van der Waals surface area contributed by atoms with E-state index in [0.29, 0.717) is 6.42 Å². The molecule has 4 nitrogen and oxygen atoms in total. The van der Waals surface area contributed by atoms with Gasteiger partial charge in [0.15, 0.2) is 0 Å². The number of hydrogen-bond acceptors (Lipinski definition) is 4. The van der Waals surface area contributed by atoms with Crippen LogP contribution in [0, 0.1) is 11.8 Å². The van der Waals surface area contributed by atoms with Gasteiger partial charge in [0.1, 0.15) is 5.97 Å². The first-order valence-corrected chi connectivity index (χ1v) is 4.79. The van der Waals surface area contributed by atoms with Crippen molar-refractivity contribution < 1.29 is 28.8 Å². The molecule has 78 valence electrons. The number of carbonyl (C=O) groups is 1. The van der Waals surface area contributed by atoms with Crippen LogP contribution in [-0.2, 0) is 4.79 Å². The molecule has 1 aliphatic heterocycles. The van der Waals surface area contributed by atoms with E-state index < -0.39 is 5.97 Å². The number of piperazine rings is 1. The molecule has 1 saturated heterocycles. The summed E-state index contributed by atoms with van der Waals surface area (Å²) in [6.45, 7) is 5.10. The number of hydrogen-bond donors (Lipinski definition) is 0. The predicted octanol–water partition coefficient (Wildman–Crippen LogP) is -4.62. The number of carboxylic acids is 1. The summed E-state index contributed by atoms with van der Waals surface area (Å²) in [6.07, 6.45) is 0.609. The summed E-state index contributed by atoms with van der Waals surface area (Å²) < 4.78 is 0. The molecule has 1 heterocycles. The third kappa shape index (κ3) is 6.60. The molecule has 1 rings (SSSR count). The van der Waals surface area contributed by atoms with E-state index in [1.807, 2.05) is 5.92 Å². The Morgan fingerprint density at radius 2 is 1.93 bits per heavy atom. The average Bonchev–Trinajstić information content (AvgIpc) is 2.15. The zero-order chi connectivity index (χ0) is 10.4. The maximum Gasteiger partial charge on any atom is 1.00 e. The standard InChI is InChI=1S/C10H16N2O2.Li/c1-11-6-8-12(9-7-11)5-3-2-4-10(13)14;/h3,5-9H2,1H3,(H,13,14);/q;+1/p-1. The van der Waals surface area contributed by atoms with Gasteiger partial charge in [-0.2, -0.15) is 0 Å². The summed E-state index contributed by atoms with van der Waals surface area (Å²) in [5.41, 5.74) is 0. The Bertz CT molecular complexity index is 252. The van der Waals surface area contributed by atoms with E-state index in [-0.39, 0.29) is 18.9 Å². The third-order valence-corrected chi connectivity index (χ3v) is 2.34. The summed E-state index contributed by atoms with van der Waals surface area (Å²) in [5.74, 6) is 3.30. The van der Waals surface area contributed by atoms with Crippen LogP contribution in [0.5, 0.6) is 0 Å². The van der Waals surface area contributed by atoms with Gasteiger partial charge in [-0.05, 0) is 13.0 Å². The molecule has 0 saturated carbocycles. The van der Waals surface area contributed by atoms with Crippen LogP contribution in [0.2, 0.25) is 0 Å². The molecular weight excluding hydrogens is 187 g/mol. The van der Waals surface area contributed by atoms with Crippen molar-refractivity contribution in [3.63, 3.8) is 0 Å². The number of likely N-dealkylation sites (N-methyl/N-ethyl adjacent to an activating group) is 1. The molecule has 0 unspecified atom stereocenters. The summed E-state index contributed by atoms with van der Waals surface area (Å²) in [4.78, 5) is 14.6. The molecule has 0 radical (unpaired) electrons. The summed E-state index contributed by atoms with van der Waals surface area (Å²) in [6, 6.07) is 0. The Hall–Kier alpha value is -0.453. The molecule has 0 aromatic rings. The largest absolute Gasteiger partial charge is 1.00 e. The second-order valence-electron chi connectivity index (χ2n) is 3.48. The van der Waals surface area contributed by atoms with Crippen LogP contribution in [0.4, 0.5) is 0 Å². The SMILES string of the molecule is CN1CCN(CCC#CC(=O)[O-])CC1.[Li+]. The summed E-state index contributed by atoms with van der Waals surface area (Å²) >= 11 is 0. The molecule has 1 fully saturated rings. The predicted molar refractivity (Wildman–Crippen MR) is 51.3 cm³/mol. The number of nitrogens with zero attached hydrogens (tertiary/aromatic N) is 2. The average molecular weight is 202 g/mol. The zero-order valence-electron chi connectivity index (χ0n) is 9.45. The van der Waals surface area contributed by atoms with Crippen LogP contribution >= 0.6 is 0 Å². The molecular formula is C10H15LiN2O2. The maximum atomic E-state index is 9.99. The second kappa shape index (κ2) is 7.79. The summed E-state index contributed by atoms with van der Waals surface area (Å²) in [5, 5.41) is 9.99. The molecule has 0 amide bonds. The fourth-order valence-electron chi connectivity index (χ4n) is 1.42. The van der Waals surface area contributed by atoms with E-state index in [1.165, 1.54) is 0 Å². The third-order valence-electron chi connectivity index (χ3n) is 2.34. The van der Waals surface area contributed by atoms with E-state index in [2.05, 4.69) is 22.8 Å². The van der Waals surface area contributed by atoms with Crippen molar-refractivity contribution in [3.05, 3.63) is 0 Å². The minimum atomic E-state index is -1.29. The molecule has 5 heteroatoms. The summed E-state index contributed by atoms with van der Waals surface area (Å²) in [7, 11) is 2.10. The van der Waals surface area contributed by atoms with E-state index in [4.69, 9.17) is 0 Å². The Kier molecular flexibility index (Phi) is 7.55. The van der Waals surface area contributed by atoms with E-state index in [1.54, 1.807) is 0 Å². The van der Waals surface area contributed by atoms with Crippen molar-refractivity contribution in [2.75, 3.05) is 39.8 Å². The Morgan fingerprint density at radius 3 is 2.47 bits per heavy atom. The molecule has 0 aromatic heterocycles. The molecule has 0 bridgehead atoms. The Morgan fingerprint density at radius 1 is 1.33 bits per heavy atom. The molecule has 0 atom stereocenters. The van der Waals surface area contributed by atoms with Crippen molar-refractivity contribution >= 4 is 5.97 Å². The van der Waals surface area contributed by atoms with Gasteiger partial charge in [0.2, 0.25) is 0 Å². The molecule has 15 heavy (non-hydrogen) atoms. The van der Waals surface area contributed by atoms with Crippen LogP contribution in [0.25, 0.3) is 0 Å². The van der Waals surface area contributed by atoms with Crippen molar-refractivity contribution in [2.24, 2.45) is 0 Å². The second-order valence-corrected chi connectivity index (χ2v) is 3.48. The van der Waals surface area contributed by atoms with E-state index >= 15 is 0 Å². The Labute approximate surface area is 103 Å². The maximum absolute atomic E-state index is 9.99. The minimum absolute atomic E-state index is 0. The van der Waals surface area contributed by atoms with Crippen molar-refractivity contribution in [1.29, 1.82) is 0 Å². The van der Waals surface area contributed by atoms with Crippen LogP contribution in [0.3, 0.4) is 0 Å². The van der Waals surface area contributed by atoms with Crippen molar-refractivity contribution in [3.8, 4) is 11.8 Å². The van der Waals surface area contributed by atoms with Gasteiger partial charge in [-0.1, -0.05) is 5.92 Å². The van der Waals surface area contributed by atoms with Gasteiger partial charge in [0.25, 0.3) is 0 Å². The number of rotatable bonds is 2. The molecule has 0 N–H and O–H groups in total. The monoisotopic (exact) mass is 202 g/mol. The van der Waals surface area contributed by atoms with Gasteiger partial charge >= 0.3 is 18.9 Å². The number of aliphatic carboxylic acids is 1. The van der Waals surface area contributed by atoms with Crippen molar-refractivity contribution in [1.82, 2.24) is 9.80 Å². The number of carbonyl (C=O) groups excluding carboxylic acids is 1. The smallest absolute Gasteiger partial charge is 0.537 e. The Balaban J connectivity index is 0.00000196. The van der Waals surface area contributed by atoms with Gasteiger partial charge in [-0.15, -0.1) is 0 Å². The number of carboxylic acid groups (broad SMARTS) is 1. The fraction of sp³-hybridized carbons (Fsp3) is 0.700. The molecule has 0 spiro atoms. The van der Waals surface area contributed by atoms with Crippen LogP contribution in [-0.4, -0.2) is 55.5 Å². The van der Waals surface area contributed by atoms with Crippen LogP contribution < -0.4 is 24.0 Å². The van der Waals surface area contributed by atoms with E-state index in [9.17, 15) is 9.90 Å². The van der Waals surface area contributed by atoms with Gasteiger partial charge in [-0.25, -0.2) is 0 Å². The first kappa shape index (κ1) is 14.5. The van der Waals surface area contributed by atoms with Crippen molar-refractivity contribution in [2.45, 2.75) is 6.42 Å². The van der Waals surface area contributed by atoms with Crippen LogP contribution in [0.1, 0.15) is 6.42 Å². The normalized spacial score (nSPS) is 17.4. The molecule has 0 aromatic carbocycles. The minimum Gasteiger partial charge on any atom is -0.537 e. The topological polar surface area (TPSA) is 46.6 Å². The van der Waals surface area contributed by atoms with Crippen LogP contribution in [0.15, 0.2) is 0 Å². The quantitative estimate of drug-likeness (QED) is 0.334.